The van der Waals surface area contributed by atoms with Gasteiger partial charge < -0.3 is 10.6 Å². The molecule has 0 aliphatic rings. The predicted molar refractivity (Wildman–Crippen MR) is 63.8 cm³/mol. The summed E-state index contributed by atoms with van der Waals surface area (Å²) in [6.45, 7) is 5.34. The van der Waals surface area contributed by atoms with E-state index in [1.807, 2.05) is 18.2 Å². The molecule has 0 aliphatic carbocycles. The van der Waals surface area contributed by atoms with Crippen LogP contribution in [-0.2, 0) is 11.3 Å². The third-order valence-electron chi connectivity index (χ3n) is 2.10. The molecule has 1 aromatic rings. The Kier molecular flexibility index (Phi) is 5.50. The highest BCUT2D eigenvalue weighted by Gasteiger charge is 2.01. The number of pyridine rings is 1. The lowest BCUT2D eigenvalue weighted by Crippen LogP contribution is -2.30. The highest BCUT2D eigenvalue weighted by molar-refractivity contribution is 5.75. The minimum absolute atomic E-state index is 0.0544. The van der Waals surface area contributed by atoms with Crippen molar-refractivity contribution in [2.24, 2.45) is 0 Å². The number of carbonyl (C=O) groups is 1. The van der Waals surface area contributed by atoms with Gasteiger partial charge in [0, 0.05) is 25.2 Å². The maximum absolute atomic E-state index is 11.4. The van der Waals surface area contributed by atoms with E-state index in [1.165, 1.54) is 0 Å². The molecule has 1 rings (SSSR count). The van der Waals surface area contributed by atoms with Gasteiger partial charge in [0.15, 0.2) is 0 Å². The second kappa shape index (κ2) is 6.95. The number of nitrogens with zero attached hydrogens (tertiary/aromatic N) is 1. The Bertz CT molecular complexity index is 311. The molecule has 0 radical (unpaired) electrons. The molecule has 16 heavy (non-hydrogen) atoms. The number of hydrogen-bond donors (Lipinski definition) is 2. The van der Waals surface area contributed by atoms with Gasteiger partial charge in [-0.15, -0.1) is 0 Å². The maximum atomic E-state index is 11.4. The van der Waals surface area contributed by atoms with Crippen LogP contribution in [0.5, 0.6) is 0 Å². The molecule has 1 heterocycles. The number of amides is 1. The van der Waals surface area contributed by atoms with E-state index in [2.05, 4.69) is 29.5 Å². The van der Waals surface area contributed by atoms with Crippen molar-refractivity contribution in [2.75, 3.05) is 6.54 Å². The first kappa shape index (κ1) is 12.6. The Morgan fingerprint density at radius 2 is 2.25 bits per heavy atom. The third kappa shape index (κ3) is 5.46. The lowest BCUT2D eigenvalue weighted by Gasteiger charge is -2.08. The van der Waals surface area contributed by atoms with Crippen molar-refractivity contribution in [2.45, 2.75) is 32.9 Å². The Morgan fingerprint density at radius 1 is 1.44 bits per heavy atom. The lowest BCUT2D eigenvalue weighted by molar-refractivity contribution is -0.121. The van der Waals surface area contributed by atoms with Crippen LogP contribution in [0.2, 0.25) is 0 Å². The van der Waals surface area contributed by atoms with Crippen molar-refractivity contribution in [1.82, 2.24) is 15.6 Å². The SMILES string of the molecule is CC(C)NCCC(=O)NCc1ccccn1. The second-order valence-electron chi connectivity index (χ2n) is 3.96. The largest absolute Gasteiger partial charge is 0.350 e. The first-order chi connectivity index (χ1) is 7.68. The zero-order valence-electron chi connectivity index (χ0n) is 9.86. The van der Waals surface area contributed by atoms with Crippen LogP contribution in [-0.4, -0.2) is 23.5 Å². The number of aromatic nitrogens is 1. The van der Waals surface area contributed by atoms with E-state index in [4.69, 9.17) is 0 Å². The quantitative estimate of drug-likeness (QED) is 0.756. The Morgan fingerprint density at radius 3 is 2.88 bits per heavy atom. The summed E-state index contributed by atoms with van der Waals surface area (Å²) in [4.78, 5) is 15.5. The van der Waals surface area contributed by atoms with E-state index in [1.54, 1.807) is 6.20 Å². The molecule has 0 unspecified atom stereocenters. The van der Waals surface area contributed by atoms with Crippen molar-refractivity contribution in [3.05, 3.63) is 30.1 Å². The molecule has 0 bridgehead atoms. The summed E-state index contributed by atoms with van der Waals surface area (Å²) < 4.78 is 0. The van der Waals surface area contributed by atoms with Crippen molar-refractivity contribution in [3.63, 3.8) is 0 Å². The summed E-state index contributed by atoms with van der Waals surface area (Å²) in [5.41, 5.74) is 0.882. The Hall–Kier alpha value is -1.42. The summed E-state index contributed by atoms with van der Waals surface area (Å²) in [7, 11) is 0. The van der Waals surface area contributed by atoms with Crippen molar-refractivity contribution >= 4 is 5.91 Å². The molecule has 2 N–H and O–H groups in total. The van der Waals surface area contributed by atoms with E-state index >= 15 is 0 Å². The fourth-order valence-electron chi connectivity index (χ4n) is 1.25. The van der Waals surface area contributed by atoms with Gasteiger partial charge in [-0.1, -0.05) is 19.9 Å². The summed E-state index contributed by atoms with van der Waals surface area (Å²) in [6, 6.07) is 6.09. The van der Waals surface area contributed by atoms with Gasteiger partial charge in [0.2, 0.25) is 5.91 Å². The van der Waals surface area contributed by atoms with Crippen LogP contribution in [0.3, 0.4) is 0 Å². The smallest absolute Gasteiger partial charge is 0.221 e. The molecule has 0 aliphatic heterocycles. The standard InChI is InChI=1S/C12H19N3O/c1-10(2)13-8-6-12(16)15-9-11-5-3-4-7-14-11/h3-5,7,10,13H,6,8-9H2,1-2H3,(H,15,16). The molecule has 0 saturated heterocycles. The first-order valence-electron chi connectivity index (χ1n) is 5.58. The monoisotopic (exact) mass is 221 g/mol. The highest BCUT2D eigenvalue weighted by Crippen LogP contribution is 1.92. The molecule has 0 spiro atoms. The van der Waals surface area contributed by atoms with Crippen LogP contribution in [0.15, 0.2) is 24.4 Å². The summed E-state index contributed by atoms with van der Waals surface area (Å²) >= 11 is 0. The maximum Gasteiger partial charge on any atom is 0.221 e. The lowest BCUT2D eigenvalue weighted by atomic mass is 10.3. The molecule has 88 valence electrons. The van der Waals surface area contributed by atoms with Gasteiger partial charge in [-0.3, -0.25) is 9.78 Å². The van der Waals surface area contributed by atoms with Gasteiger partial charge in [0.1, 0.15) is 0 Å². The van der Waals surface area contributed by atoms with Crippen molar-refractivity contribution in [3.8, 4) is 0 Å². The molecule has 0 fully saturated rings. The fourth-order valence-corrected chi connectivity index (χ4v) is 1.25. The molecule has 1 amide bonds. The van der Waals surface area contributed by atoms with Crippen LogP contribution in [0.4, 0.5) is 0 Å². The molecule has 0 atom stereocenters. The number of rotatable bonds is 6. The van der Waals surface area contributed by atoms with Gasteiger partial charge in [0.25, 0.3) is 0 Å². The molecule has 0 saturated carbocycles. The van der Waals surface area contributed by atoms with Crippen molar-refractivity contribution < 1.29 is 4.79 Å². The van der Waals surface area contributed by atoms with Crippen molar-refractivity contribution in [1.29, 1.82) is 0 Å². The summed E-state index contributed by atoms with van der Waals surface area (Å²) in [5, 5.41) is 6.03. The van der Waals surface area contributed by atoms with E-state index in [-0.39, 0.29) is 5.91 Å². The molecular weight excluding hydrogens is 202 g/mol. The Labute approximate surface area is 96.5 Å². The predicted octanol–water partition coefficient (Wildman–Crippen LogP) is 1.09. The van der Waals surface area contributed by atoms with Gasteiger partial charge in [-0.2, -0.15) is 0 Å². The van der Waals surface area contributed by atoms with Gasteiger partial charge in [-0.05, 0) is 12.1 Å². The van der Waals surface area contributed by atoms with Crippen LogP contribution in [0.25, 0.3) is 0 Å². The van der Waals surface area contributed by atoms with E-state index < -0.39 is 0 Å². The molecule has 0 aromatic carbocycles. The minimum atomic E-state index is 0.0544. The van der Waals surface area contributed by atoms with Gasteiger partial charge in [-0.25, -0.2) is 0 Å². The zero-order valence-corrected chi connectivity index (χ0v) is 9.86. The number of hydrogen-bond acceptors (Lipinski definition) is 3. The summed E-state index contributed by atoms with van der Waals surface area (Å²) in [5.74, 6) is 0.0544. The van der Waals surface area contributed by atoms with Crippen LogP contribution in [0, 0.1) is 0 Å². The van der Waals surface area contributed by atoms with Crippen LogP contribution >= 0.6 is 0 Å². The number of nitrogens with one attached hydrogen (secondary N) is 2. The average Bonchev–Trinajstić information content (AvgIpc) is 2.27. The first-order valence-corrected chi connectivity index (χ1v) is 5.58. The highest BCUT2D eigenvalue weighted by atomic mass is 16.1. The topological polar surface area (TPSA) is 54.0 Å². The normalized spacial score (nSPS) is 10.4. The number of carbonyl (C=O) groups excluding carboxylic acids is 1. The third-order valence-corrected chi connectivity index (χ3v) is 2.10. The zero-order chi connectivity index (χ0) is 11.8. The summed E-state index contributed by atoms with van der Waals surface area (Å²) in [6.07, 6.45) is 2.23. The van der Waals surface area contributed by atoms with Gasteiger partial charge in [0.05, 0.1) is 12.2 Å². The van der Waals surface area contributed by atoms with Gasteiger partial charge >= 0.3 is 0 Å². The van der Waals surface area contributed by atoms with Crippen LogP contribution in [0.1, 0.15) is 26.0 Å². The minimum Gasteiger partial charge on any atom is -0.350 e. The van der Waals surface area contributed by atoms with Crippen LogP contribution < -0.4 is 10.6 Å². The van der Waals surface area contributed by atoms with E-state index in [0.717, 1.165) is 5.69 Å². The van der Waals surface area contributed by atoms with E-state index in [0.29, 0.717) is 25.6 Å². The second-order valence-corrected chi connectivity index (χ2v) is 3.96. The van der Waals surface area contributed by atoms with E-state index in [9.17, 15) is 4.79 Å². The average molecular weight is 221 g/mol. The molecule has 1 aromatic heterocycles. The molecule has 4 nitrogen and oxygen atoms in total. The fraction of sp³-hybridized carbons (Fsp3) is 0.500. The Balaban J connectivity index is 2.16. The molecule has 4 heteroatoms. The molecular formula is C12H19N3O.